The summed E-state index contributed by atoms with van der Waals surface area (Å²) in [5.41, 5.74) is 1.90. The van der Waals surface area contributed by atoms with Crippen LogP contribution in [0.1, 0.15) is 35.5 Å². The van der Waals surface area contributed by atoms with Gasteiger partial charge in [0.15, 0.2) is 0 Å². The molecule has 0 aromatic heterocycles. The van der Waals surface area contributed by atoms with Crippen LogP contribution in [0.15, 0.2) is 18.2 Å². The quantitative estimate of drug-likeness (QED) is 0.793. The zero-order valence-corrected chi connectivity index (χ0v) is 8.76. The van der Waals surface area contributed by atoms with Crippen molar-refractivity contribution in [1.82, 2.24) is 5.32 Å². The number of hydrogen-bond donors (Lipinski definition) is 1. The molecular weight excluding hydrogens is 196 g/mol. The highest BCUT2D eigenvalue weighted by Gasteiger charge is 2.19. The zero-order valence-electron chi connectivity index (χ0n) is 8.76. The van der Waals surface area contributed by atoms with Gasteiger partial charge in [-0.15, -0.1) is 0 Å². The Kier molecular flexibility index (Phi) is 3.00. The summed E-state index contributed by atoms with van der Waals surface area (Å²) < 4.78 is 25.4. The minimum atomic E-state index is -2.36. The van der Waals surface area contributed by atoms with Gasteiger partial charge in [-0.2, -0.15) is 0 Å². The van der Waals surface area contributed by atoms with E-state index in [1.807, 2.05) is 6.07 Å². The van der Waals surface area contributed by atoms with Crippen molar-refractivity contribution >= 4 is 0 Å². The first-order valence-corrected chi connectivity index (χ1v) is 5.28. The zero-order chi connectivity index (χ0) is 10.8. The predicted octanol–water partition coefficient (Wildman–Crippen LogP) is 3.01. The molecule has 1 fully saturated rings. The SMILES string of the molecule is Cc1ccc(C2CCNC2)cc1C(F)F. The van der Waals surface area contributed by atoms with Gasteiger partial charge in [0.2, 0.25) is 0 Å². The fraction of sp³-hybridized carbons (Fsp3) is 0.500. The molecule has 0 spiro atoms. The number of rotatable bonds is 2. The molecule has 1 atom stereocenters. The molecule has 1 aliphatic heterocycles. The third kappa shape index (κ3) is 2.17. The van der Waals surface area contributed by atoms with E-state index in [0.29, 0.717) is 11.5 Å². The molecule has 0 aliphatic carbocycles. The summed E-state index contributed by atoms with van der Waals surface area (Å²) in [5.74, 6) is 0.406. The Morgan fingerprint density at radius 1 is 1.40 bits per heavy atom. The van der Waals surface area contributed by atoms with Crippen molar-refractivity contribution in [2.75, 3.05) is 13.1 Å². The molecule has 1 aliphatic rings. The highest BCUT2D eigenvalue weighted by atomic mass is 19.3. The second-order valence-electron chi connectivity index (χ2n) is 4.11. The molecule has 1 saturated heterocycles. The molecular formula is C12H15F2N. The number of benzene rings is 1. The number of nitrogens with one attached hydrogen (secondary N) is 1. The Morgan fingerprint density at radius 3 is 2.80 bits per heavy atom. The highest BCUT2D eigenvalue weighted by Crippen LogP contribution is 2.29. The third-order valence-corrected chi connectivity index (χ3v) is 3.07. The second-order valence-corrected chi connectivity index (χ2v) is 4.11. The molecule has 1 unspecified atom stereocenters. The van der Waals surface area contributed by atoms with Gasteiger partial charge >= 0.3 is 0 Å². The normalized spacial score (nSPS) is 21.2. The van der Waals surface area contributed by atoms with Gasteiger partial charge in [-0.3, -0.25) is 0 Å². The lowest BCUT2D eigenvalue weighted by Gasteiger charge is -2.12. The Balaban J connectivity index is 2.29. The second kappa shape index (κ2) is 4.27. The molecule has 82 valence electrons. The molecule has 0 amide bonds. The topological polar surface area (TPSA) is 12.0 Å². The number of hydrogen-bond acceptors (Lipinski definition) is 1. The number of alkyl halides is 2. The molecule has 3 heteroatoms. The van der Waals surface area contributed by atoms with Gasteiger partial charge in [0, 0.05) is 12.1 Å². The van der Waals surface area contributed by atoms with E-state index in [0.717, 1.165) is 25.1 Å². The minimum Gasteiger partial charge on any atom is -0.316 e. The maximum atomic E-state index is 12.7. The van der Waals surface area contributed by atoms with Gasteiger partial charge < -0.3 is 5.32 Å². The van der Waals surface area contributed by atoms with Crippen molar-refractivity contribution in [3.63, 3.8) is 0 Å². The molecule has 0 bridgehead atoms. The van der Waals surface area contributed by atoms with E-state index in [2.05, 4.69) is 5.32 Å². The largest absolute Gasteiger partial charge is 0.316 e. The van der Waals surface area contributed by atoms with Crippen LogP contribution in [0, 0.1) is 6.92 Å². The molecule has 1 aromatic carbocycles. The minimum absolute atomic E-state index is 0.180. The van der Waals surface area contributed by atoms with Crippen LogP contribution in [0.3, 0.4) is 0 Å². The van der Waals surface area contributed by atoms with Gasteiger partial charge in [-0.25, -0.2) is 8.78 Å². The Bertz CT molecular complexity index is 343. The summed E-state index contributed by atoms with van der Waals surface area (Å²) in [6.07, 6.45) is -1.31. The summed E-state index contributed by atoms with van der Waals surface area (Å²) in [7, 11) is 0. The molecule has 15 heavy (non-hydrogen) atoms. The van der Waals surface area contributed by atoms with Crippen LogP contribution < -0.4 is 5.32 Å². The van der Waals surface area contributed by atoms with Crippen LogP contribution in [0.4, 0.5) is 8.78 Å². The van der Waals surface area contributed by atoms with E-state index < -0.39 is 6.43 Å². The maximum Gasteiger partial charge on any atom is 0.264 e. The number of halogens is 2. The van der Waals surface area contributed by atoms with E-state index in [1.54, 1.807) is 19.1 Å². The van der Waals surface area contributed by atoms with Gasteiger partial charge in [0.05, 0.1) is 0 Å². The molecule has 1 aromatic rings. The van der Waals surface area contributed by atoms with Gasteiger partial charge in [-0.05, 0) is 43.0 Å². The fourth-order valence-corrected chi connectivity index (χ4v) is 2.09. The van der Waals surface area contributed by atoms with Crippen molar-refractivity contribution in [3.8, 4) is 0 Å². The molecule has 1 N–H and O–H groups in total. The summed E-state index contributed by atoms with van der Waals surface area (Å²) in [6, 6.07) is 5.44. The van der Waals surface area contributed by atoms with Crippen LogP contribution in [-0.2, 0) is 0 Å². The average Bonchev–Trinajstić information content (AvgIpc) is 2.71. The van der Waals surface area contributed by atoms with Gasteiger partial charge in [0.1, 0.15) is 0 Å². The molecule has 1 heterocycles. The molecule has 2 rings (SSSR count). The van der Waals surface area contributed by atoms with Crippen LogP contribution in [0.2, 0.25) is 0 Å². The van der Waals surface area contributed by atoms with E-state index >= 15 is 0 Å². The Hall–Kier alpha value is -0.960. The van der Waals surface area contributed by atoms with E-state index in [1.165, 1.54) is 0 Å². The Labute approximate surface area is 88.5 Å². The maximum absolute atomic E-state index is 12.7. The van der Waals surface area contributed by atoms with Crippen LogP contribution >= 0.6 is 0 Å². The number of aryl methyl sites for hydroxylation is 1. The lowest BCUT2D eigenvalue weighted by Crippen LogP contribution is -2.08. The van der Waals surface area contributed by atoms with Crippen molar-refractivity contribution < 1.29 is 8.78 Å². The third-order valence-electron chi connectivity index (χ3n) is 3.07. The lowest BCUT2D eigenvalue weighted by molar-refractivity contribution is 0.150. The predicted molar refractivity (Wildman–Crippen MR) is 56.4 cm³/mol. The fourth-order valence-electron chi connectivity index (χ4n) is 2.09. The Morgan fingerprint density at radius 2 is 2.20 bits per heavy atom. The highest BCUT2D eigenvalue weighted by molar-refractivity contribution is 5.34. The average molecular weight is 211 g/mol. The first kappa shape index (κ1) is 10.6. The van der Waals surface area contributed by atoms with E-state index in [-0.39, 0.29) is 5.56 Å². The summed E-state index contributed by atoms with van der Waals surface area (Å²) in [6.45, 7) is 3.63. The summed E-state index contributed by atoms with van der Waals surface area (Å²) in [4.78, 5) is 0. The monoisotopic (exact) mass is 211 g/mol. The van der Waals surface area contributed by atoms with Gasteiger partial charge in [-0.1, -0.05) is 12.1 Å². The summed E-state index contributed by atoms with van der Waals surface area (Å²) >= 11 is 0. The summed E-state index contributed by atoms with van der Waals surface area (Å²) in [5, 5.41) is 3.25. The van der Waals surface area contributed by atoms with Crippen LogP contribution in [0.5, 0.6) is 0 Å². The van der Waals surface area contributed by atoms with Crippen LogP contribution in [-0.4, -0.2) is 13.1 Å². The van der Waals surface area contributed by atoms with Crippen molar-refractivity contribution in [3.05, 3.63) is 34.9 Å². The van der Waals surface area contributed by atoms with Crippen molar-refractivity contribution in [2.45, 2.75) is 25.7 Å². The first-order valence-electron chi connectivity index (χ1n) is 5.28. The lowest BCUT2D eigenvalue weighted by atomic mass is 9.95. The first-order chi connectivity index (χ1) is 7.18. The standard InChI is InChI=1S/C12H15F2N/c1-8-2-3-9(6-11(8)12(13)14)10-4-5-15-7-10/h2-3,6,10,12,15H,4-5,7H2,1H3. The van der Waals surface area contributed by atoms with E-state index in [4.69, 9.17) is 0 Å². The molecule has 0 saturated carbocycles. The van der Waals surface area contributed by atoms with Gasteiger partial charge in [0.25, 0.3) is 6.43 Å². The van der Waals surface area contributed by atoms with Crippen molar-refractivity contribution in [1.29, 1.82) is 0 Å². The van der Waals surface area contributed by atoms with Crippen molar-refractivity contribution in [2.24, 2.45) is 0 Å². The molecule has 1 nitrogen and oxygen atoms in total. The van der Waals surface area contributed by atoms with Crippen LogP contribution in [0.25, 0.3) is 0 Å². The van der Waals surface area contributed by atoms with E-state index in [9.17, 15) is 8.78 Å². The smallest absolute Gasteiger partial charge is 0.264 e. The molecule has 0 radical (unpaired) electrons.